The van der Waals surface area contributed by atoms with Crippen LogP contribution < -0.4 is 5.32 Å². The fourth-order valence-corrected chi connectivity index (χ4v) is 5.11. The van der Waals surface area contributed by atoms with E-state index in [1.165, 1.54) is 4.90 Å². The SMILES string of the molecule is CC12C(=O)N(C3CCC(=O)NC3=O)C(=O)C1C1CCC2C1. The molecule has 2 saturated heterocycles. The van der Waals surface area contributed by atoms with E-state index in [2.05, 4.69) is 5.32 Å². The van der Waals surface area contributed by atoms with Gasteiger partial charge in [0.05, 0.1) is 11.3 Å². The maximum Gasteiger partial charge on any atom is 0.249 e. The topological polar surface area (TPSA) is 83.6 Å². The Morgan fingerprint density at radius 2 is 1.90 bits per heavy atom. The van der Waals surface area contributed by atoms with Crippen LogP contribution in [0.5, 0.6) is 0 Å². The third-order valence-electron chi connectivity index (χ3n) is 6.14. The molecule has 5 atom stereocenters. The molecule has 2 heterocycles. The number of nitrogens with one attached hydrogen (secondary N) is 1. The Balaban J connectivity index is 1.69. The first kappa shape index (κ1) is 13.0. The lowest BCUT2D eigenvalue weighted by Crippen LogP contribution is -2.55. The van der Waals surface area contributed by atoms with Crippen molar-refractivity contribution in [3.8, 4) is 0 Å². The van der Waals surface area contributed by atoms with E-state index in [0.29, 0.717) is 0 Å². The van der Waals surface area contributed by atoms with Gasteiger partial charge in [0.2, 0.25) is 23.6 Å². The number of imide groups is 2. The highest BCUT2D eigenvalue weighted by atomic mass is 16.2. The number of rotatable bonds is 1. The molecule has 4 amide bonds. The Kier molecular flexibility index (Phi) is 2.43. The van der Waals surface area contributed by atoms with Crippen LogP contribution in [0.15, 0.2) is 0 Å². The highest BCUT2D eigenvalue weighted by molar-refractivity contribution is 6.12. The average molecular weight is 290 g/mol. The number of hydrogen-bond donors (Lipinski definition) is 1. The largest absolute Gasteiger partial charge is 0.295 e. The lowest BCUT2D eigenvalue weighted by Gasteiger charge is -2.32. The number of carbonyl (C=O) groups is 4. The second-order valence-electron chi connectivity index (χ2n) is 7.01. The second kappa shape index (κ2) is 3.93. The van der Waals surface area contributed by atoms with Crippen LogP contribution in [0.2, 0.25) is 0 Å². The van der Waals surface area contributed by atoms with Crippen LogP contribution >= 0.6 is 0 Å². The summed E-state index contributed by atoms with van der Waals surface area (Å²) in [6.45, 7) is 1.90. The fraction of sp³-hybridized carbons (Fsp3) is 0.733. The predicted octanol–water partition coefficient (Wildman–Crippen LogP) is 0.213. The summed E-state index contributed by atoms with van der Waals surface area (Å²) in [5, 5.41) is 2.24. The van der Waals surface area contributed by atoms with Crippen molar-refractivity contribution in [2.75, 3.05) is 0 Å². The standard InChI is InChI=1S/C15H18N2O4/c1-15-8-3-2-7(6-8)11(15)13(20)17(14(15)21)9-4-5-10(18)16-12(9)19/h7-9,11H,2-6H2,1H3,(H,16,18,19). The zero-order valence-electron chi connectivity index (χ0n) is 11.9. The van der Waals surface area contributed by atoms with Crippen molar-refractivity contribution in [1.82, 2.24) is 10.2 Å². The van der Waals surface area contributed by atoms with E-state index >= 15 is 0 Å². The molecule has 1 N–H and O–H groups in total. The van der Waals surface area contributed by atoms with Gasteiger partial charge in [-0.05, 0) is 44.4 Å². The summed E-state index contributed by atoms with van der Waals surface area (Å²) in [5.41, 5.74) is -0.623. The van der Waals surface area contributed by atoms with Crippen molar-refractivity contribution in [2.45, 2.75) is 45.1 Å². The highest BCUT2D eigenvalue weighted by Gasteiger charge is 2.69. The number of nitrogens with zero attached hydrogens (tertiary/aromatic N) is 1. The van der Waals surface area contributed by atoms with Gasteiger partial charge >= 0.3 is 0 Å². The van der Waals surface area contributed by atoms with Crippen molar-refractivity contribution in [3.63, 3.8) is 0 Å². The van der Waals surface area contributed by atoms with Crippen molar-refractivity contribution >= 4 is 23.6 Å². The Morgan fingerprint density at radius 3 is 2.57 bits per heavy atom. The maximum atomic E-state index is 12.9. The van der Waals surface area contributed by atoms with Crippen LogP contribution in [0.4, 0.5) is 0 Å². The quantitative estimate of drug-likeness (QED) is 0.700. The van der Waals surface area contributed by atoms with Crippen LogP contribution in [0.1, 0.15) is 39.0 Å². The minimum absolute atomic E-state index is 0.182. The maximum absolute atomic E-state index is 12.9. The molecular weight excluding hydrogens is 272 g/mol. The third kappa shape index (κ3) is 1.43. The van der Waals surface area contributed by atoms with E-state index in [1.807, 2.05) is 6.92 Å². The molecule has 0 aromatic rings. The molecule has 2 aliphatic carbocycles. The minimum atomic E-state index is -0.801. The van der Waals surface area contributed by atoms with Gasteiger partial charge in [-0.1, -0.05) is 0 Å². The molecule has 2 bridgehead atoms. The van der Waals surface area contributed by atoms with Gasteiger partial charge in [0.15, 0.2) is 0 Å². The smallest absolute Gasteiger partial charge is 0.249 e. The highest BCUT2D eigenvalue weighted by Crippen LogP contribution is 2.63. The molecule has 0 aromatic heterocycles. The monoisotopic (exact) mass is 290 g/mol. The van der Waals surface area contributed by atoms with Crippen molar-refractivity contribution < 1.29 is 19.2 Å². The molecule has 4 rings (SSSR count). The number of hydrogen-bond acceptors (Lipinski definition) is 4. The summed E-state index contributed by atoms with van der Waals surface area (Å²) in [6.07, 6.45) is 3.40. The molecule has 112 valence electrons. The van der Waals surface area contributed by atoms with Crippen LogP contribution in [0, 0.1) is 23.2 Å². The van der Waals surface area contributed by atoms with Gasteiger partial charge in [0.1, 0.15) is 6.04 Å². The molecule has 4 aliphatic rings. The van der Waals surface area contributed by atoms with Crippen LogP contribution in [-0.4, -0.2) is 34.6 Å². The van der Waals surface area contributed by atoms with E-state index in [9.17, 15) is 19.2 Å². The number of likely N-dealkylation sites (tertiary alicyclic amines) is 1. The average Bonchev–Trinajstić information content (AvgIpc) is 3.05. The summed E-state index contributed by atoms with van der Waals surface area (Å²) in [7, 11) is 0. The molecule has 0 spiro atoms. The van der Waals surface area contributed by atoms with Gasteiger partial charge < -0.3 is 0 Å². The summed E-state index contributed by atoms with van der Waals surface area (Å²) < 4.78 is 0. The Hall–Kier alpha value is -1.72. The van der Waals surface area contributed by atoms with Gasteiger partial charge in [-0.3, -0.25) is 29.4 Å². The molecule has 2 saturated carbocycles. The number of piperidine rings is 1. The zero-order chi connectivity index (χ0) is 14.9. The molecule has 0 aromatic carbocycles. The van der Waals surface area contributed by atoms with E-state index in [4.69, 9.17) is 0 Å². The lowest BCUT2D eigenvalue weighted by atomic mass is 9.69. The molecular formula is C15H18N2O4. The number of fused-ring (bicyclic) bond motifs is 5. The molecule has 6 heteroatoms. The van der Waals surface area contributed by atoms with E-state index in [1.54, 1.807) is 0 Å². The van der Waals surface area contributed by atoms with Gasteiger partial charge in [-0.2, -0.15) is 0 Å². The molecule has 5 unspecified atom stereocenters. The first-order chi connectivity index (χ1) is 9.94. The molecule has 0 radical (unpaired) electrons. The molecule has 4 fully saturated rings. The minimum Gasteiger partial charge on any atom is -0.295 e. The first-order valence-electron chi connectivity index (χ1n) is 7.65. The summed E-state index contributed by atoms with van der Waals surface area (Å²) >= 11 is 0. The van der Waals surface area contributed by atoms with E-state index < -0.39 is 17.4 Å². The molecule has 2 aliphatic heterocycles. The lowest BCUT2D eigenvalue weighted by molar-refractivity contribution is -0.153. The van der Waals surface area contributed by atoms with Crippen molar-refractivity contribution in [2.24, 2.45) is 23.2 Å². The van der Waals surface area contributed by atoms with Gasteiger partial charge in [0.25, 0.3) is 0 Å². The van der Waals surface area contributed by atoms with E-state index in [0.717, 1.165) is 19.3 Å². The normalized spacial score (nSPS) is 45.3. The van der Waals surface area contributed by atoms with Crippen LogP contribution in [0.25, 0.3) is 0 Å². The number of amides is 4. The van der Waals surface area contributed by atoms with Crippen LogP contribution in [0.3, 0.4) is 0 Å². The Labute approximate surface area is 122 Å². The Morgan fingerprint density at radius 1 is 1.14 bits per heavy atom. The summed E-state index contributed by atoms with van der Waals surface area (Å²) in [6, 6.07) is -0.801. The molecule has 21 heavy (non-hydrogen) atoms. The third-order valence-corrected chi connectivity index (χ3v) is 6.14. The fourth-order valence-electron chi connectivity index (χ4n) is 5.11. The summed E-state index contributed by atoms with van der Waals surface area (Å²) in [4.78, 5) is 50.1. The second-order valence-corrected chi connectivity index (χ2v) is 7.01. The first-order valence-corrected chi connectivity index (χ1v) is 7.65. The summed E-state index contributed by atoms with van der Waals surface area (Å²) in [5.74, 6) is -0.930. The Bertz CT molecular complexity index is 586. The van der Waals surface area contributed by atoms with Crippen LogP contribution in [-0.2, 0) is 19.2 Å². The van der Waals surface area contributed by atoms with Gasteiger partial charge in [-0.15, -0.1) is 0 Å². The van der Waals surface area contributed by atoms with Crippen molar-refractivity contribution in [3.05, 3.63) is 0 Å². The molecule has 6 nitrogen and oxygen atoms in total. The van der Waals surface area contributed by atoms with Crippen molar-refractivity contribution in [1.29, 1.82) is 0 Å². The van der Waals surface area contributed by atoms with Gasteiger partial charge in [0, 0.05) is 6.42 Å². The van der Waals surface area contributed by atoms with E-state index in [-0.39, 0.29) is 48.3 Å². The predicted molar refractivity (Wildman–Crippen MR) is 70.5 cm³/mol. The zero-order valence-corrected chi connectivity index (χ0v) is 11.9. The number of carbonyl (C=O) groups excluding carboxylic acids is 4. The van der Waals surface area contributed by atoms with Gasteiger partial charge in [-0.25, -0.2) is 0 Å².